The first kappa shape index (κ1) is 27.4. The van der Waals surface area contributed by atoms with Crippen LogP contribution in [0.3, 0.4) is 0 Å². The highest BCUT2D eigenvalue weighted by molar-refractivity contribution is 7.19. The monoisotopic (exact) mass is 578 g/mol. The zero-order valence-corrected chi connectivity index (χ0v) is 22.6. The van der Waals surface area contributed by atoms with E-state index in [1.54, 1.807) is 12.3 Å². The van der Waals surface area contributed by atoms with Crippen LogP contribution in [-0.2, 0) is 13.1 Å². The van der Waals surface area contributed by atoms with Gasteiger partial charge in [0.05, 0.1) is 23.2 Å². The molecule has 0 bridgehead atoms. The number of nitrogens with zero attached hydrogens (tertiary/aromatic N) is 3. The van der Waals surface area contributed by atoms with Gasteiger partial charge in [-0.2, -0.15) is 13.2 Å². The van der Waals surface area contributed by atoms with Gasteiger partial charge in [0.2, 0.25) is 0 Å². The molecule has 1 atom stereocenters. The third kappa shape index (κ3) is 6.21. The number of halogens is 4. The molecule has 1 aromatic carbocycles. The van der Waals surface area contributed by atoms with Gasteiger partial charge in [-0.05, 0) is 56.1 Å². The van der Waals surface area contributed by atoms with Crippen molar-refractivity contribution >= 4 is 33.2 Å². The lowest BCUT2D eigenvalue weighted by molar-refractivity contribution is -0.136. The van der Waals surface area contributed by atoms with E-state index in [9.17, 15) is 22.8 Å². The minimum atomic E-state index is -4.41. The van der Waals surface area contributed by atoms with Gasteiger partial charge in [0.15, 0.2) is 0 Å². The number of hydrogen-bond acceptors (Lipinski definition) is 6. The van der Waals surface area contributed by atoms with Crippen molar-refractivity contribution < 1.29 is 17.9 Å². The maximum atomic E-state index is 12.8. The van der Waals surface area contributed by atoms with Crippen LogP contribution in [0, 0.1) is 6.92 Å². The number of fused-ring (bicyclic) bond motifs is 1. The number of thiophene rings is 1. The number of aromatic nitrogens is 3. The Bertz CT molecular complexity index is 1620. The van der Waals surface area contributed by atoms with Gasteiger partial charge >= 0.3 is 11.9 Å². The first-order valence-electron chi connectivity index (χ1n) is 12.5. The highest BCUT2D eigenvalue weighted by Gasteiger charge is 2.27. The number of nitrogens with one attached hydrogen (secondary N) is 1. The van der Waals surface area contributed by atoms with E-state index in [0.29, 0.717) is 15.4 Å². The molecule has 1 aliphatic rings. The highest BCUT2D eigenvalue weighted by atomic mass is 35.5. The first-order chi connectivity index (χ1) is 18.6. The van der Waals surface area contributed by atoms with Crippen LogP contribution in [0.15, 0.2) is 52.3 Å². The summed E-state index contributed by atoms with van der Waals surface area (Å²) in [6, 6.07) is 8.48. The third-order valence-electron chi connectivity index (χ3n) is 6.62. The van der Waals surface area contributed by atoms with Crippen molar-refractivity contribution in [2.45, 2.75) is 51.6 Å². The molecule has 5 rings (SSSR count). The molecule has 1 saturated heterocycles. The van der Waals surface area contributed by atoms with Gasteiger partial charge in [0.1, 0.15) is 11.9 Å². The van der Waals surface area contributed by atoms with Gasteiger partial charge in [-0.25, -0.2) is 4.79 Å². The molecule has 4 heterocycles. The molecular weight excluding hydrogens is 553 g/mol. The van der Waals surface area contributed by atoms with Crippen molar-refractivity contribution in [3.05, 3.63) is 79.0 Å². The zero-order valence-electron chi connectivity index (χ0n) is 21.1. The van der Waals surface area contributed by atoms with E-state index in [1.807, 2.05) is 25.1 Å². The molecule has 4 aromatic rings. The molecule has 1 N–H and O–H groups in total. The maximum absolute atomic E-state index is 12.8. The normalized spacial score (nSPS) is 16.1. The zero-order chi connectivity index (χ0) is 27.7. The number of aryl methyl sites for hydroxylation is 2. The molecule has 0 aliphatic carbocycles. The maximum Gasteiger partial charge on any atom is 0.390 e. The summed E-state index contributed by atoms with van der Waals surface area (Å²) in [5.74, 6) is 0.738. The molecule has 0 saturated carbocycles. The van der Waals surface area contributed by atoms with E-state index in [0.717, 1.165) is 74.5 Å². The average Bonchev–Trinajstić information content (AvgIpc) is 3.30. The van der Waals surface area contributed by atoms with E-state index in [-0.39, 0.29) is 12.6 Å². The van der Waals surface area contributed by atoms with Crippen molar-refractivity contribution in [3.63, 3.8) is 0 Å². The van der Waals surface area contributed by atoms with Gasteiger partial charge in [-0.3, -0.25) is 14.3 Å². The van der Waals surface area contributed by atoms with Crippen LogP contribution in [0.5, 0.6) is 5.75 Å². The molecule has 206 valence electrons. The second-order valence-corrected chi connectivity index (χ2v) is 11.1. The van der Waals surface area contributed by atoms with Crippen LogP contribution in [0.4, 0.5) is 13.2 Å². The summed E-state index contributed by atoms with van der Waals surface area (Å²) in [6.45, 7) is 3.02. The largest absolute Gasteiger partial charge is 0.488 e. The summed E-state index contributed by atoms with van der Waals surface area (Å²) in [5, 5.41) is 3.92. The molecule has 1 fully saturated rings. The van der Waals surface area contributed by atoms with Gasteiger partial charge in [-0.1, -0.05) is 11.6 Å². The lowest BCUT2D eigenvalue weighted by atomic mass is 10.0. The van der Waals surface area contributed by atoms with E-state index in [2.05, 4.69) is 10.3 Å². The number of ether oxygens (including phenoxy) is 1. The number of piperidine rings is 1. The number of alkyl halides is 3. The highest BCUT2D eigenvalue weighted by Crippen LogP contribution is 2.42. The molecule has 12 heteroatoms. The molecule has 3 aromatic heterocycles. The summed E-state index contributed by atoms with van der Waals surface area (Å²) in [7, 11) is 0. The topological polar surface area (TPSA) is 78.2 Å². The van der Waals surface area contributed by atoms with Crippen LogP contribution in [-0.4, -0.2) is 39.5 Å². The fourth-order valence-electron chi connectivity index (χ4n) is 4.73. The smallest absolute Gasteiger partial charge is 0.390 e. The minimum Gasteiger partial charge on any atom is -0.488 e. The average molecular weight is 579 g/mol. The van der Waals surface area contributed by atoms with Crippen molar-refractivity contribution in [2.24, 2.45) is 0 Å². The van der Waals surface area contributed by atoms with E-state index in [1.165, 1.54) is 11.3 Å². The summed E-state index contributed by atoms with van der Waals surface area (Å²) >= 11 is 7.82. The number of rotatable bonds is 7. The Morgan fingerprint density at radius 3 is 2.77 bits per heavy atom. The summed E-state index contributed by atoms with van der Waals surface area (Å²) < 4.78 is 47.2. The molecule has 39 heavy (non-hydrogen) atoms. The van der Waals surface area contributed by atoms with Gasteiger partial charge in [0.25, 0.3) is 5.56 Å². The number of hydrogen-bond donors (Lipinski definition) is 1. The predicted molar refractivity (Wildman–Crippen MR) is 146 cm³/mol. The fourth-order valence-corrected chi connectivity index (χ4v) is 6.13. The summed E-state index contributed by atoms with van der Waals surface area (Å²) in [4.78, 5) is 30.5. The van der Waals surface area contributed by atoms with E-state index < -0.39 is 30.4 Å². The van der Waals surface area contributed by atoms with E-state index in [4.69, 9.17) is 16.3 Å². The minimum absolute atomic E-state index is 0.0260. The number of benzene rings is 1. The van der Waals surface area contributed by atoms with Crippen LogP contribution >= 0.6 is 22.9 Å². The number of pyridine rings is 1. The SMILES string of the molecule is Cc1cc(Cl)cc(-c2ccnc3cc(Cn4c(=O)ccn(CCC(F)(F)F)c4=O)sc23)c1O[C@H]1CCCNC1. The molecular formula is C27H26ClF3N4O3S. The standard InChI is InChI=1S/C27H26ClF3N4O3S/c1-16-11-17(28)12-21(24(16)38-18-3-2-7-32-14-18)20-4-8-33-22-13-19(39-25(20)22)15-35-23(36)5-9-34(26(35)37)10-6-27(29,30)31/h4-5,8-9,11-13,18,32H,2-3,6-7,10,14-15H2,1H3/t18-/m0/s1. The van der Waals surface area contributed by atoms with Gasteiger partial charge in [-0.15, -0.1) is 11.3 Å². The van der Waals surface area contributed by atoms with Crippen molar-refractivity contribution in [1.82, 2.24) is 19.4 Å². The Morgan fingerprint density at radius 2 is 2.03 bits per heavy atom. The molecule has 0 amide bonds. The molecule has 1 aliphatic heterocycles. The second kappa shape index (κ2) is 11.1. The Labute approximate surface area is 230 Å². The first-order valence-corrected chi connectivity index (χ1v) is 13.7. The Morgan fingerprint density at radius 1 is 1.21 bits per heavy atom. The van der Waals surface area contributed by atoms with Gasteiger partial charge in [0, 0.05) is 52.6 Å². The molecule has 0 radical (unpaired) electrons. The Balaban J connectivity index is 1.52. The van der Waals surface area contributed by atoms with E-state index >= 15 is 0 Å². The van der Waals surface area contributed by atoms with Crippen molar-refractivity contribution in [1.29, 1.82) is 0 Å². The lowest BCUT2D eigenvalue weighted by Gasteiger charge is -2.26. The Hall–Kier alpha value is -3.15. The molecule has 0 unspecified atom stereocenters. The Kier molecular flexibility index (Phi) is 7.84. The van der Waals surface area contributed by atoms with Crippen molar-refractivity contribution in [2.75, 3.05) is 13.1 Å². The predicted octanol–water partition coefficient (Wildman–Crippen LogP) is 5.38. The van der Waals surface area contributed by atoms with Crippen molar-refractivity contribution in [3.8, 4) is 16.9 Å². The third-order valence-corrected chi connectivity index (χ3v) is 7.98. The van der Waals surface area contributed by atoms with Crippen LogP contribution in [0.1, 0.15) is 29.7 Å². The van der Waals surface area contributed by atoms with Crippen LogP contribution in [0.2, 0.25) is 5.02 Å². The summed E-state index contributed by atoms with van der Waals surface area (Å²) in [5.41, 5.74) is 1.86. The van der Waals surface area contributed by atoms with Gasteiger partial charge < -0.3 is 14.6 Å². The van der Waals surface area contributed by atoms with Crippen LogP contribution < -0.4 is 21.3 Å². The molecule has 0 spiro atoms. The second-order valence-electron chi connectivity index (χ2n) is 9.55. The quantitative estimate of drug-likeness (QED) is 0.319. The summed E-state index contributed by atoms with van der Waals surface area (Å²) in [6.07, 6.45) is -0.813. The van der Waals surface area contributed by atoms with Crippen LogP contribution in [0.25, 0.3) is 21.3 Å². The molecule has 7 nitrogen and oxygen atoms in total. The lowest BCUT2D eigenvalue weighted by Crippen LogP contribution is -2.39. The fraction of sp³-hybridized carbons (Fsp3) is 0.370.